The first-order chi connectivity index (χ1) is 10.1. The Morgan fingerprint density at radius 3 is 2.90 bits per heavy atom. The zero-order chi connectivity index (χ0) is 15.2. The molecule has 2 rings (SSSR count). The molecular weight excluding hydrogens is 266 g/mol. The summed E-state index contributed by atoms with van der Waals surface area (Å²) in [4.78, 5) is 24.5. The van der Waals surface area contributed by atoms with Crippen LogP contribution in [0, 0.1) is 0 Å². The van der Waals surface area contributed by atoms with Crippen LogP contribution in [0.2, 0.25) is 0 Å². The van der Waals surface area contributed by atoms with Crippen molar-refractivity contribution in [2.45, 2.75) is 26.2 Å². The van der Waals surface area contributed by atoms with Crippen LogP contribution in [0.1, 0.15) is 31.7 Å². The van der Waals surface area contributed by atoms with Crippen LogP contribution >= 0.6 is 0 Å². The summed E-state index contributed by atoms with van der Waals surface area (Å²) in [5.74, 6) is 0.397. The topological polar surface area (TPSA) is 62.6 Å². The van der Waals surface area contributed by atoms with Crippen LogP contribution in [0.3, 0.4) is 0 Å². The van der Waals surface area contributed by atoms with Crippen molar-refractivity contribution in [3.05, 3.63) is 29.8 Å². The molecule has 1 saturated heterocycles. The number of piperazine rings is 1. The number of para-hydroxylation sites is 1. The van der Waals surface area contributed by atoms with Gasteiger partial charge in [0.25, 0.3) is 11.8 Å². The van der Waals surface area contributed by atoms with Crippen molar-refractivity contribution in [1.29, 1.82) is 0 Å². The van der Waals surface area contributed by atoms with E-state index in [-0.39, 0.29) is 11.8 Å². The number of carbonyl (C=O) groups is 2. The van der Waals surface area contributed by atoms with Crippen molar-refractivity contribution in [3.63, 3.8) is 0 Å². The fourth-order valence-corrected chi connectivity index (χ4v) is 2.59. The maximum atomic E-state index is 12.2. The lowest BCUT2D eigenvalue weighted by Gasteiger charge is -2.23. The molecule has 1 aliphatic rings. The average molecular weight is 290 g/mol. The van der Waals surface area contributed by atoms with E-state index < -0.39 is 0 Å². The molecular formula is C16H24N3O2+. The molecule has 5 heteroatoms. The summed E-state index contributed by atoms with van der Waals surface area (Å²) < 4.78 is 0. The zero-order valence-electron chi connectivity index (χ0n) is 12.7. The van der Waals surface area contributed by atoms with Crippen molar-refractivity contribution >= 4 is 17.5 Å². The molecule has 21 heavy (non-hydrogen) atoms. The van der Waals surface area contributed by atoms with Crippen molar-refractivity contribution in [2.75, 3.05) is 31.5 Å². The summed E-state index contributed by atoms with van der Waals surface area (Å²) in [7, 11) is 0. The Balaban J connectivity index is 1.98. The summed E-state index contributed by atoms with van der Waals surface area (Å²) in [6, 6.07) is 7.93. The molecule has 0 spiro atoms. The Morgan fingerprint density at radius 2 is 2.19 bits per heavy atom. The minimum atomic E-state index is -0.0320. The van der Waals surface area contributed by atoms with Gasteiger partial charge in [-0.05, 0) is 24.0 Å². The van der Waals surface area contributed by atoms with E-state index in [4.69, 9.17) is 0 Å². The second-order valence-electron chi connectivity index (χ2n) is 5.65. The van der Waals surface area contributed by atoms with Crippen LogP contribution in [0.5, 0.6) is 0 Å². The molecule has 0 aromatic heterocycles. The first-order valence-electron chi connectivity index (χ1n) is 7.59. The lowest BCUT2D eigenvalue weighted by atomic mass is 9.97. The largest absolute Gasteiger partial charge is 0.346 e. The molecule has 0 saturated carbocycles. The summed E-state index contributed by atoms with van der Waals surface area (Å²) >= 11 is 0. The maximum Gasteiger partial charge on any atom is 0.279 e. The van der Waals surface area contributed by atoms with Crippen LogP contribution in [0.25, 0.3) is 0 Å². The van der Waals surface area contributed by atoms with E-state index in [1.807, 2.05) is 18.2 Å². The highest BCUT2D eigenvalue weighted by atomic mass is 16.2. The van der Waals surface area contributed by atoms with E-state index in [2.05, 4.69) is 30.5 Å². The molecule has 1 aromatic carbocycles. The summed E-state index contributed by atoms with van der Waals surface area (Å²) in [5.41, 5.74) is 2.05. The van der Waals surface area contributed by atoms with E-state index in [1.54, 1.807) is 0 Å². The van der Waals surface area contributed by atoms with Crippen LogP contribution in [-0.4, -0.2) is 38.0 Å². The van der Waals surface area contributed by atoms with Gasteiger partial charge in [-0.3, -0.25) is 9.59 Å². The van der Waals surface area contributed by atoms with Crippen LogP contribution in [-0.2, 0) is 9.59 Å². The number of hydrogen-bond acceptors (Lipinski definition) is 2. The lowest BCUT2D eigenvalue weighted by Crippen LogP contribution is -3.16. The van der Waals surface area contributed by atoms with E-state index in [0.29, 0.717) is 25.6 Å². The highest BCUT2D eigenvalue weighted by Crippen LogP contribution is 2.26. The second kappa shape index (κ2) is 7.22. The molecule has 2 atom stereocenters. The van der Waals surface area contributed by atoms with E-state index in [9.17, 15) is 9.59 Å². The molecule has 0 aliphatic carbocycles. The molecule has 0 radical (unpaired) electrons. The average Bonchev–Trinajstić information content (AvgIpc) is 2.47. The molecule has 5 nitrogen and oxygen atoms in total. The molecule has 2 amide bonds. The van der Waals surface area contributed by atoms with E-state index in [0.717, 1.165) is 23.6 Å². The van der Waals surface area contributed by atoms with Gasteiger partial charge in [0.15, 0.2) is 13.1 Å². The quantitative estimate of drug-likeness (QED) is 0.723. The summed E-state index contributed by atoms with van der Waals surface area (Å²) in [6.45, 7) is 6.45. The Morgan fingerprint density at radius 1 is 1.43 bits per heavy atom. The van der Waals surface area contributed by atoms with Crippen molar-refractivity contribution < 1.29 is 14.5 Å². The molecule has 114 valence electrons. The Bertz CT molecular complexity index is 516. The number of quaternary nitrogens is 1. The number of hydrogen-bond donors (Lipinski definition) is 3. The minimum absolute atomic E-state index is 0.0176. The molecule has 1 aromatic rings. The summed E-state index contributed by atoms with van der Waals surface area (Å²) in [6.07, 6.45) is 1.03. The predicted molar refractivity (Wildman–Crippen MR) is 82.4 cm³/mol. The molecule has 1 heterocycles. The lowest BCUT2D eigenvalue weighted by molar-refractivity contribution is -0.885. The number of nitrogens with one attached hydrogen (secondary N) is 3. The molecule has 0 bridgehead atoms. The Hall–Kier alpha value is -1.88. The smallest absolute Gasteiger partial charge is 0.279 e. The van der Waals surface area contributed by atoms with Gasteiger partial charge >= 0.3 is 0 Å². The van der Waals surface area contributed by atoms with Crippen molar-refractivity contribution in [3.8, 4) is 0 Å². The van der Waals surface area contributed by atoms with Crippen molar-refractivity contribution in [1.82, 2.24) is 5.32 Å². The molecule has 1 unspecified atom stereocenters. The third kappa shape index (κ3) is 4.29. The highest BCUT2D eigenvalue weighted by Gasteiger charge is 2.22. The second-order valence-corrected chi connectivity index (χ2v) is 5.65. The van der Waals surface area contributed by atoms with Gasteiger partial charge in [-0.15, -0.1) is 0 Å². The van der Waals surface area contributed by atoms with Gasteiger partial charge in [0.1, 0.15) is 0 Å². The van der Waals surface area contributed by atoms with Crippen molar-refractivity contribution in [2.24, 2.45) is 0 Å². The summed E-state index contributed by atoms with van der Waals surface area (Å²) in [5, 5.41) is 5.77. The predicted octanol–water partition coefficient (Wildman–Crippen LogP) is 0.153. The van der Waals surface area contributed by atoms with E-state index in [1.165, 1.54) is 5.56 Å². The van der Waals surface area contributed by atoms with Gasteiger partial charge in [0.05, 0.1) is 13.1 Å². The monoisotopic (exact) mass is 290 g/mol. The van der Waals surface area contributed by atoms with E-state index >= 15 is 0 Å². The fourth-order valence-electron chi connectivity index (χ4n) is 2.59. The van der Waals surface area contributed by atoms with Crippen LogP contribution in [0.4, 0.5) is 5.69 Å². The third-order valence-corrected chi connectivity index (χ3v) is 4.00. The van der Waals surface area contributed by atoms with Gasteiger partial charge in [0, 0.05) is 5.69 Å². The Labute approximate surface area is 125 Å². The number of anilines is 1. The standard InChI is InChI=1S/C16H23N3O2/c1-3-12(2)13-6-4-5-7-14(13)18-16(21)11-19-9-8-17-15(20)10-19/h4-7,12H,3,8-11H2,1-2H3,(H,17,20)(H,18,21)/p+1/t12-/m0/s1. The highest BCUT2D eigenvalue weighted by molar-refractivity contribution is 5.92. The van der Waals surface area contributed by atoms with Gasteiger partial charge < -0.3 is 15.5 Å². The SMILES string of the molecule is CC[C@H](C)c1ccccc1NC(=O)C[NH+]1CCNC(=O)C1. The van der Waals surface area contributed by atoms with Gasteiger partial charge in [-0.25, -0.2) is 0 Å². The maximum absolute atomic E-state index is 12.2. The van der Waals surface area contributed by atoms with Crippen LogP contribution < -0.4 is 15.5 Å². The van der Waals surface area contributed by atoms with Gasteiger partial charge in [0.2, 0.25) is 0 Å². The molecule has 1 fully saturated rings. The molecule has 3 N–H and O–H groups in total. The fraction of sp³-hybridized carbons (Fsp3) is 0.500. The normalized spacial score (nSPS) is 19.7. The third-order valence-electron chi connectivity index (χ3n) is 4.00. The Kier molecular flexibility index (Phi) is 5.33. The van der Waals surface area contributed by atoms with Gasteiger partial charge in [-0.2, -0.15) is 0 Å². The number of amides is 2. The number of benzene rings is 1. The minimum Gasteiger partial charge on any atom is -0.346 e. The van der Waals surface area contributed by atoms with Crippen LogP contribution in [0.15, 0.2) is 24.3 Å². The zero-order valence-corrected chi connectivity index (χ0v) is 12.7. The first-order valence-corrected chi connectivity index (χ1v) is 7.59. The van der Waals surface area contributed by atoms with Gasteiger partial charge in [-0.1, -0.05) is 32.0 Å². The molecule has 1 aliphatic heterocycles. The number of carbonyl (C=O) groups excluding carboxylic acids is 2. The number of rotatable bonds is 5. The first kappa shape index (κ1) is 15.5.